The minimum absolute atomic E-state index is 0.132. The molecule has 1 aliphatic rings. The Balaban J connectivity index is 2.61. The Kier molecular flexibility index (Phi) is 4.54. The van der Waals surface area contributed by atoms with Crippen LogP contribution in [0.25, 0.3) is 0 Å². The van der Waals surface area contributed by atoms with E-state index in [1.165, 1.54) is 0 Å². The summed E-state index contributed by atoms with van der Waals surface area (Å²) in [4.78, 5) is 13.2. The third-order valence-electron chi connectivity index (χ3n) is 3.01. The summed E-state index contributed by atoms with van der Waals surface area (Å²) < 4.78 is 0. The molecule has 0 saturated carbocycles. The number of hydrogen-bond donors (Lipinski definition) is 2. The molecule has 0 aromatic rings. The highest BCUT2D eigenvalue weighted by Crippen LogP contribution is 2.19. The van der Waals surface area contributed by atoms with Crippen LogP contribution in [0.4, 0.5) is 0 Å². The SMILES string of the molecule is CCCC(C(=O)O)N1CC(C)CC(N)C1. The van der Waals surface area contributed by atoms with Crippen LogP contribution >= 0.6 is 0 Å². The van der Waals surface area contributed by atoms with Crippen LogP contribution in [0.1, 0.15) is 33.1 Å². The predicted octanol–water partition coefficient (Wildman–Crippen LogP) is 0.909. The Labute approximate surface area is 91.4 Å². The van der Waals surface area contributed by atoms with E-state index in [-0.39, 0.29) is 12.1 Å². The van der Waals surface area contributed by atoms with Crippen molar-refractivity contribution in [3.63, 3.8) is 0 Å². The minimum atomic E-state index is -0.710. The molecule has 15 heavy (non-hydrogen) atoms. The van der Waals surface area contributed by atoms with E-state index in [0.29, 0.717) is 5.92 Å². The van der Waals surface area contributed by atoms with Gasteiger partial charge in [0.05, 0.1) is 0 Å². The lowest BCUT2D eigenvalue weighted by atomic mass is 9.94. The van der Waals surface area contributed by atoms with Gasteiger partial charge < -0.3 is 10.8 Å². The summed E-state index contributed by atoms with van der Waals surface area (Å²) in [6, 6.07) is -0.212. The number of piperidine rings is 1. The molecule has 1 aliphatic heterocycles. The molecule has 0 aliphatic carbocycles. The summed E-state index contributed by atoms with van der Waals surface area (Å²) >= 11 is 0. The van der Waals surface area contributed by atoms with E-state index in [2.05, 4.69) is 6.92 Å². The van der Waals surface area contributed by atoms with Gasteiger partial charge in [-0.05, 0) is 18.8 Å². The second-order valence-corrected chi connectivity index (χ2v) is 4.70. The standard InChI is InChI=1S/C11H22N2O2/c1-3-4-10(11(14)15)13-6-8(2)5-9(12)7-13/h8-10H,3-7,12H2,1-2H3,(H,14,15). The molecule has 3 unspecified atom stereocenters. The topological polar surface area (TPSA) is 66.6 Å². The fourth-order valence-corrected chi connectivity index (χ4v) is 2.43. The number of nitrogens with zero attached hydrogens (tertiary/aromatic N) is 1. The monoisotopic (exact) mass is 214 g/mol. The number of rotatable bonds is 4. The average molecular weight is 214 g/mol. The third-order valence-corrected chi connectivity index (χ3v) is 3.01. The van der Waals surface area contributed by atoms with Crippen molar-refractivity contribution in [1.82, 2.24) is 4.90 Å². The molecule has 1 saturated heterocycles. The lowest BCUT2D eigenvalue weighted by Crippen LogP contribution is -2.52. The lowest BCUT2D eigenvalue weighted by molar-refractivity contribution is -0.144. The normalized spacial score (nSPS) is 30.1. The highest BCUT2D eigenvalue weighted by molar-refractivity contribution is 5.73. The first-order chi connectivity index (χ1) is 7.04. The average Bonchev–Trinajstić information content (AvgIpc) is 2.11. The Morgan fingerprint density at radius 3 is 2.73 bits per heavy atom. The molecule has 1 rings (SSSR count). The van der Waals surface area contributed by atoms with Gasteiger partial charge in [-0.1, -0.05) is 20.3 Å². The van der Waals surface area contributed by atoms with E-state index in [1.807, 2.05) is 11.8 Å². The zero-order valence-electron chi connectivity index (χ0n) is 9.65. The van der Waals surface area contributed by atoms with Crippen LogP contribution in [0.3, 0.4) is 0 Å². The first-order valence-electron chi connectivity index (χ1n) is 5.77. The Morgan fingerprint density at radius 1 is 1.60 bits per heavy atom. The summed E-state index contributed by atoms with van der Waals surface area (Å²) in [7, 11) is 0. The zero-order chi connectivity index (χ0) is 11.4. The van der Waals surface area contributed by atoms with Crippen LogP contribution in [-0.2, 0) is 4.79 Å². The van der Waals surface area contributed by atoms with Crippen molar-refractivity contribution in [3.05, 3.63) is 0 Å². The first-order valence-corrected chi connectivity index (χ1v) is 5.77. The van der Waals surface area contributed by atoms with E-state index in [4.69, 9.17) is 10.8 Å². The van der Waals surface area contributed by atoms with Gasteiger partial charge >= 0.3 is 5.97 Å². The molecule has 0 bridgehead atoms. The molecule has 0 amide bonds. The number of likely N-dealkylation sites (tertiary alicyclic amines) is 1. The molecule has 0 spiro atoms. The number of hydrogen-bond acceptors (Lipinski definition) is 3. The Hall–Kier alpha value is -0.610. The van der Waals surface area contributed by atoms with E-state index in [9.17, 15) is 4.79 Å². The number of aliphatic carboxylic acids is 1. The molecule has 88 valence electrons. The van der Waals surface area contributed by atoms with Gasteiger partial charge in [0.15, 0.2) is 0 Å². The van der Waals surface area contributed by atoms with E-state index >= 15 is 0 Å². The molecular weight excluding hydrogens is 192 g/mol. The molecule has 4 nitrogen and oxygen atoms in total. The van der Waals surface area contributed by atoms with E-state index in [1.54, 1.807) is 0 Å². The van der Waals surface area contributed by atoms with Gasteiger partial charge in [-0.3, -0.25) is 9.69 Å². The van der Waals surface area contributed by atoms with Gasteiger partial charge in [0.2, 0.25) is 0 Å². The van der Waals surface area contributed by atoms with Crippen LogP contribution < -0.4 is 5.73 Å². The molecule has 1 heterocycles. The van der Waals surface area contributed by atoms with E-state index < -0.39 is 5.97 Å². The zero-order valence-corrected chi connectivity index (χ0v) is 9.65. The number of carboxylic acid groups (broad SMARTS) is 1. The molecular formula is C11H22N2O2. The van der Waals surface area contributed by atoms with Crippen molar-refractivity contribution >= 4 is 5.97 Å². The highest BCUT2D eigenvalue weighted by atomic mass is 16.4. The summed E-state index contributed by atoms with van der Waals surface area (Å²) in [6.45, 7) is 5.74. The minimum Gasteiger partial charge on any atom is -0.480 e. The second kappa shape index (κ2) is 5.47. The lowest BCUT2D eigenvalue weighted by Gasteiger charge is -2.38. The van der Waals surface area contributed by atoms with Gasteiger partial charge in [0.1, 0.15) is 6.04 Å². The van der Waals surface area contributed by atoms with Crippen LogP contribution in [0.5, 0.6) is 0 Å². The summed E-state index contributed by atoms with van der Waals surface area (Å²) in [5.41, 5.74) is 5.92. The third kappa shape index (κ3) is 3.47. The Morgan fingerprint density at radius 2 is 2.27 bits per heavy atom. The molecule has 0 aromatic heterocycles. The fraction of sp³-hybridized carbons (Fsp3) is 0.909. The number of nitrogens with two attached hydrogens (primary N) is 1. The Bertz CT molecular complexity index is 211. The number of carboxylic acids is 1. The van der Waals surface area contributed by atoms with Crippen molar-refractivity contribution in [2.75, 3.05) is 13.1 Å². The van der Waals surface area contributed by atoms with Crippen molar-refractivity contribution in [2.45, 2.75) is 45.2 Å². The highest BCUT2D eigenvalue weighted by Gasteiger charge is 2.30. The van der Waals surface area contributed by atoms with Gasteiger partial charge in [0, 0.05) is 19.1 Å². The maximum Gasteiger partial charge on any atom is 0.320 e. The van der Waals surface area contributed by atoms with Gasteiger partial charge in [-0.15, -0.1) is 0 Å². The van der Waals surface area contributed by atoms with Crippen LogP contribution in [0.15, 0.2) is 0 Å². The second-order valence-electron chi connectivity index (χ2n) is 4.70. The summed E-state index contributed by atoms with van der Waals surface area (Å²) in [5, 5.41) is 9.15. The number of carbonyl (C=O) groups is 1. The molecule has 3 atom stereocenters. The summed E-state index contributed by atoms with van der Waals surface area (Å²) in [5.74, 6) is -0.203. The molecule has 0 aromatic carbocycles. The predicted molar refractivity (Wildman–Crippen MR) is 59.7 cm³/mol. The van der Waals surface area contributed by atoms with Crippen LogP contribution in [0.2, 0.25) is 0 Å². The fourth-order valence-electron chi connectivity index (χ4n) is 2.43. The first kappa shape index (κ1) is 12.5. The van der Waals surface area contributed by atoms with Crippen LogP contribution in [-0.4, -0.2) is 41.1 Å². The molecule has 3 N–H and O–H groups in total. The molecule has 1 fully saturated rings. The maximum atomic E-state index is 11.1. The molecule has 4 heteroatoms. The maximum absolute atomic E-state index is 11.1. The van der Waals surface area contributed by atoms with Crippen LogP contribution in [0, 0.1) is 5.92 Å². The smallest absolute Gasteiger partial charge is 0.320 e. The van der Waals surface area contributed by atoms with E-state index in [0.717, 1.165) is 32.4 Å². The van der Waals surface area contributed by atoms with Gasteiger partial charge in [0.25, 0.3) is 0 Å². The molecule has 0 radical (unpaired) electrons. The van der Waals surface area contributed by atoms with Crippen molar-refractivity contribution in [1.29, 1.82) is 0 Å². The van der Waals surface area contributed by atoms with Crippen molar-refractivity contribution in [3.8, 4) is 0 Å². The van der Waals surface area contributed by atoms with Crippen molar-refractivity contribution in [2.24, 2.45) is 11.7 Å². The van der Waals surface area contributed by atoms with Crippen molar-refractivity contribution < 1.29 is 9.90 Å². The largest absolute Gasteiger partial charge is 0.480 e. The summed E-state index contributed by atoms with van der Waals surface area (Å²) in [6.07, 6.45) is 2.63. The van der Waals surface area contributed by atoms with Gasteiger partial charge in [-0.25, -0.2) is 0 Å². The van der Waals surface area contributed by atoms with Gasteiger partial charge in [-0.2, -0.15) is 0 Å². The quantitative estimate of drug-likeness (QED) is 0.730.